The number of benzene rings is 1. The molecule has 2 aliphatic heterocycles. The van der Waals surface area contributed by atoms with Crippen LogP contribution in [0, 0.1) is 5.92 Å². The van der Waals surface area contributed by atoms with Crippen LogP contribution < -0.4 is 10.5 Å². The van der Waals surface area contributed by atoms with Crippen molar-refractivity contribution in [2.45, 2.75) is 26.2 Å². The van der Waals surface area contributed by atoms with Crippen LogP contribution in [0.3, 0.4) is 0 Å². The van der Waals surface area contributed by atoms with Crippen LogP contribution in [0.2, 0.25) is 0 Å². The molecule has 18 heavy (non-hydrogen) atoms. The van der Waals surface area contributed by atoms with Crippen molar-refractivity contribution in [3.8, 4) is 5.75 Å². The zero-order valence-corrected chi connectivity index (χ0v) is 10.5. The molecule has 0 radical (unpaired) electrons. The first-order chi connectivity index (χ1) is 8.78. The average Bonchev–Trinajstić information content (AvgIpc) is 2.85. The first-order valence-electron chi connectivity index (χ1n) is 6.44. The fourth-order valence-electron chi connectivity index (χ4n) is 2.57. The van der Waals surface area contributed by atoms with Gasteiger partial charge in [0.05, 0.1) is 12.3 Å². The Labute approximate surface area is 107 Å². The minimum Gasteiger partial charge on any atom is -0.493 e. The molecular formula is C14H17N3O. The summed E-state index contributed by atoms with van der Waals surface area (Å²) in [7, 11) is 0. The fraction of sp³-hybridized carbons (Fsp3) is 0.429. The van der Waals surface area contributed by atoms with E-state index in [1.165, 1.54) is 5.56 Å². The van der Waals surface area contributed by atoms with E-state index in [9.17, 15) is 0 Å². The van der Waals surface area contributed by atoms with Gasteiger partial charge < -0.3 is 10.5 Å². The molecule has 0 amide bonds. The minimum absolute atomic E-state index is 0.378. The number of ether oxygens (including phenoxy) is 1. The van der Waals surface area contributed by atoms with Gasteiger partial charge in [0.1, 0.15) is 11.6 Å². The summed E-state index contributed by atoms with van der Waals surface area (Å²) < 4.78 is 5.52. The Bertz CT molecular complexity index is 534. The monoisotopic (exact) mass is 243 g/mol. The Morgan fingerprint density at radius 1 is 1.39 bits per heavy atom. The van der Waals surface area contributed by atoms with Crippen LogP contribution in [0.25, 0.3) is 0 Å². The van der Waals surface area contributed by atoms with Crippen LogP contribution in [-0.4, -0.2) is 18.2 Å². The number of amidine groups is 1. The number of rotatable bonds is 2. The molecule has 2 aliphatic rings. The van der Waals surface area contributed by atoms with E-state index in [2.05, 4.69) is 29.3 Å². The molecule has 0 saturated carbocycles. The van der Waals surface area contributed by atoms with Gasteiger partial charge >= 0.3 is 0 Å². The molecule has 1 aromatic rings. The number of nitrogens with zero attached hydrogens (tertiary/aromatic N) is 2. The van der Waals surface area contributed by atoms with Gasteiger partial charge in [-0.15, -0.1) is 5.10 Å². The lowest BCUT2D eigenvalue weighted by Gasteiger charge is -2.20. The standard InChI is InChI=1S/C14H17N3O/c1-2-9-8-13(15)16-17-14(9)11-3-4-12-10(7-11)5-6-18-12/h3-4,7,9H,2,5-6,8H2,1H3,(H2,15,16). The molecule has 0 bridgehead atoms. The Morgan fingerprint density at radius 2 is 2.28 bits per heavy atom. The Kier molecular flexibility index (Phi) is 2.78. The van der Waals surface area contributed by atoms with Gasteiger partial charge in [-0.1, -0.05) is 6.92 Å². The topological polar surface area (TPSA) is 60.0 Å². The molecule has 0 aromatic heterocycles. The van der Waals surface area contributed by atoms with Gasteiger partial charge in [0.2, 0.25) is 0 Å². The van der Waals surface area contributed by atoms with Crippen LogP contribution in [0.1, 0.15) is 30.9 Å². The van der Waals surface area contributed by atoms with E-state index >= 15 is 0 Å². The van der Waals surface area contributed by atoms with E-state index in [0.717, 1.165) is 42.9 Å². The maximum absolute atomic E-state index is 5.75. The third kappa shape index (κ3) is 1.88. The maximum Gasteiger partial charge on any atom is 0.123 e. The Morgan fingerprint density at radius 3 is 3.11 bits per heavy atom. The van der Waals surface area contributed by atoms with E-state index in [1.54, 1.807) is 0 Å². The zero-order chi connectivity index (χ0) is 12.5. The Balaban J connectivity index is 1.98. The number of nitrogens with two attached hydrogens (primary N) is 1. The summed E-state index contributed by atoms with van der Waals surface area (Å²) in [5, 5.41) is 8.33. The van der Waals surface area contributed by atoms with Crippen molar-refractivity contribution in [2.75, 3.05) is 6.61 Å². The predicted octanol–water partition coefficient (Wildman–Crippen LogP) is 2.11. The summed E-state index contributed by atoms with van der Waals surface area (Å²) in [4.78, 5) is 0. The van der Waals surface area contributed by atoms with Crippen molar-refractivity contribution in [1.29, 1.82) is 0 Å². The van der Waals surface area contributed by atoms with Crippen molar-refractivity contribution in [3.63, 3.8) is 0 Å². The van der Waals surface area contributed by atoms with Gasteiger partial charge in [-0.25, -0.2) is 0 Å². The van der Waals surface area contributed by atoms with Gasteiger partial charge in [0, 0.05) is 18.8 Å². The largest absolute Gasteiger partial charge is 0.493 e. The third-order valence-corrected chi connectivity index (χ3v) is 3.61. The first kappa shape index (κ1) is 11.3. The summed E-state index contributed by atoms with van der Waals surface area (Å²) in [6.45, 7) is 2.95. The summed E-state index contributed by atoms with van der Waals surface area (Å²) >= 11 is 0. The van der Waals surface area contributed by atoms with Crippen LogP contribution in [0.5, 0.6) is 5.75 Å². The highest BCUT2D eigenvalue weighted by Gasteiger charge is 2.23. The molecule has 0 fully saturated rings. The van der Waals surface area contributed by atoms with Crippen LogP contribution in [0.15, 0.2) is 28.4 Å². The normalized spacial score (nSPS) is 21.9. The molecular weight excluding hydrogens is 226 g/mol. The SMILES string of the molecule is CCC1CC(N)=NN=C1c1ccc2c(c1)CCO2. The van der Waals surface area contributed by atoms with Crippen molar-refractivity contribution in [2.24, 2.45) is 21.9 Å². The van der Waals surface area contributed by atoms with Crippen molar-refractivity contribution in [1.82, 2.24) is 0 Å². The van der Waals surface area contributed by atoms with Crippen molar-refractivity contribution >= 4 is 11.5 Å². The number of hydrogen-bond donors (Lipinski definition) is 1. The molecule has 0 saturated heterocycles. The molecule has 1 aromatic carbocycles. The highest BCUT2D eigenvalue weighted by molar-refractivity contribution is 6.06. The molecule has 4 heteroatoms. The smallest absolute Gasteiger partial charge is 0.123 e. The zero-order valence-electron chi connectivity index (χ0n) is 10.5. The van der Waals surface area contributed by atoms with Crippen LogP contribution >= 0.6 is 0 Å². The quantitative estimate of drug-likeness (QED) is 0.864. The Hall–Kier alpha value is -1.84. The predicted molar refractivity (Wildman–Crippen MR) is 72.2 cm³/mol. The highest BCUT2D eigenvalue weighted by atomic mass is 16.5. The van der Waals surface area contributed by atoms with E-state index in [4.69, 9.17) is 10.5 Å². The van der Waals surface area contributed by atoms with E-state index in [1.807, 2.05) is 6.07 Å². The van der Waals surface area contributed by atoms with Gasteiger partial charge in [-0.2, -0.15) is 5.10 Å². The van der Waals surface area contributed by atoms with E-state index in [-0.39, 0.29) is 0 Å². The lowest BCUT2D eigenvalue weighted by Crippen LogP contribution is -2.26. The van der Waals surface area contributed by atoms with E-state index in [0.29, 0.717) is 11.8 Å². The van der Waals surface area contributed by atoms with E-state index < -0.39 is 0 Å². The molecule has 1 atom stereocenters. The lowest BCUT2D eigenvalue weighted by atomic mass is 9.89. The fourth-order valence-corrected chi connectivity index (χ4v) is 2.57. The second kappa shape index (κ2) is 4.44. The molecule has 0 aliphatic carbocycles. The second-order valence-electron chi connectivity index (χ2n) is 4.81. The molecule has 94 valence electrons. The van der Waals surface area contributed by atoms with Gasteiger partial charge in [-0.3, -0.25) is 0 Å². The van der Waals surface area contributed by atoms with Crippen molar-refractivity contribution in [3.05, 3.63) is 29.3 Å². The average molecular weight is 243 g/mol. The van der Waals surface area contributed by atoms with Crippen LogP contribution in [-0.2, 0) is 6.42 Å². The third-order valence-electron chi connectivity index (χ3n) is 3.61. The minimum atomic E-state index is 0.378. The van der Waals surface area contributed by atoms with Gasteiger partial charge in [0.25, 0.3) is 0 Å². The number of fused-ring (bicyclic) bond motifs is 1. The number of hydrogen-bond acceptors (Lipinski definition) is 4. The lowest BCUT2D eigenvalue weighted by molar-refractivity contribution is 0.357. The van der Waals surface area contributed by atoms with Gasteiger partial charge in [-0.05, 0) is 35.7 Å². The maximum atomic E-state index is 5.75. The molecule has 3 rings (SSSR count). The molecule has 1 unspecified atom stereocenters. The van der Waals surface area contributed by atoms with Gasteiger partial charge in [0.15, 0.2) is 0 Å². The van der Waals surface area contributed by atoms with Crippen LogP contribution in [0.4, 0.5) is 0 Å². The molecule has 2 N–H and O–H groups in total. The highest BCUT2D eigenvalue weighted by Crippen LogP contribution is 2.28. The summed E-state index contributed by atoms with van der Waals surface area (Å²) in [6.07, 6.45) is 2.82. The second-order valence-corrected chi connectivity index (χ2v) is 4.81. The summed E-state index contributed by atoms with van der Waals surface area (Å²) in [5.41, 5.74) is 9.24. The summed E-state index contributed by atoms with van der Waals surface area (Å²) in [6, 6.07) is 6.29. The van der Waals surface area contributed by atoms with Crippen molar-refractivity contribution < 1.29 is 4.74 Å². The summed E-state index contributed by atoms with van der Waals surface area (Å²) in [5.74, 6) is 2.02. The molecule has 4 nitrogen and oxygen atoms in total. The molecule has 0 spiro atoms. The molecule has 2 heterocycles. The first-order valence-corrected chi connectivity index (χ1v) is 6.44.